The number of hydrogen-bond acceptors (Lipinski definition) is 4. The lowest BCUT2D eigenvalue weighted by molar-refractivity contribution is 0.0671. The van der Waals surface area contributed by atoms with E-state index in [1.54, 1.807) is 35.2 Å². The van der Waals surface area contributed by atoms with Crippen LogP contribution in [-0.2, 0) is 16.7 Å². The van der Waals surface area contributed by atoms with Gasteiger partial charge in [-0.05, 0) is 56.2 Å². The van der Waals surface area contributed by atoms with Crippen molar-refractivity contribution in [1.29, 1.82) is 0 Å². The van der Waals surface area contributed by atoms with Gasteiger partial charge in [-0.15, -0.1) is 0 Å². The fourth-order valence-corrected chi connectivity index (χ4v) is 3.05. The van der Waals surface area contributed by atoms with Crippen molar-refractivity contribution in [3.8, 4) is 5.75 Å². The predicted molar refractivity (Wildman–Crippen MR) is 103 cm³/mol. The van der Waals surface area contributed by atoms with Gasteiger partial charge in [-0.2, -0.15) is 8.42 Å². The molecule has 0 aliphatic carbocycles. The Hall–Kier alpha value is -2.41. The average molecular weight is 393 g/mol. The molecule has 0 saturated carbocycles. The maximum absolute atomic E-state index is 13.5. The van der Waals surface area contributed by atoms with Gasteiger partial charge in [-0.3, -0.25) is 4.79 Å². The van der Waals surface area contributed by atoms with Gasteiger partial charge in [-0.25, -0.2) is 4.39 Å². The van der Waals surface area contributed by atoms with Crippen LogP contribution >= 0.6 is 0 Å². The van der Waals surface area contributed by atoms with Crippen LogP contribution in [0.2, 0.25) is 0 Å². The Kier molecular flexibility index (Phi) is 6.96. The van der Waals surface area contributed by atoms with E-state index in [4.69, 9.17) is 4.18 Å². The highest BCUT2D eigenvalue weighted by Gasteiger charge is 2.21. The maximum Gasteiger partial charge on any atom is 0.308 e. The van der Waals surface area contributed by atoms with E-state index in [1.807, 2.05) is 13.8 Å². The van der Waals surface area contributed by atoms with E-state index in [0.717, 1.165) is 12.0 Å². The molecule has 0 radical (unpaired) electrons. The van der Waals surface area contributed by atoms with E-state index in [1.165, 1.54) is 25.1 Å². The van der Waals surface area contributed by atoms with Crippen LogP contribution in [0.1, 0.15) is 43.1 Å². The van der Waals surface area contributed by atoms with Gasteiger partial charge in [0, 0.05) is 18.2 Å². The molecule has 2 aromatic carbocycles. The number of benzene rings is 2. The molecule has 27 heavy (non-hydrogen) atoms. The first kappa shape index (κ1) is 20.9. The Morgan fingerprint density at radius 2 is 1.85 bits per heavy atom. The maximum atomic E-state index is 13.5. The Bertz CT molecular complexity index is 898. The first-order chi connectivity index (χ1) is 12.8. The minimum absolute atomic E-state index is 0.0790. The number of nitrogens with zero attached hydrogens (tertiary/aromatic N) is 1. The Balaban J connectivity index is 2.28. The van der Waals surface area contributed by atoms with Gasteiger partial charge in [0.25, 0.3) is 5.91 Å². The summed E-state index contributed by atoms with van der Waals surface area (Å²) in [5, 5.41) is 0. The van der Waals surface area contributed by atoms with Crippen molar-refractivity contribution in [2.75, 3.05) is 5.75 Å². The average Bonchev–Trinajstić information content (AvgIpc) is 2.65. The van der Waals surface area contributed by atoms with Crippen LogP contribution in [0.4, 0.5) is 4.39 Å². The number of amides is 1. The summed E-state index contributed by atoms with van der Waals surface area (Å²) in [7, 11) is -3.63. The molecule has 0 N–H and O–H groups in total. The summed E-state index contributed by atoms with van der Waals surface area (Å²) < 4.78 is 41.9. The third kappa shape index (κ3) is 5.79. The van der Waals surface area contributed by atoms with Crippen LogP contribution in [0.15, 0.2) is 48.5 Å². The summed E-state index contributed by atoms with van der Waals surface area (Å²) in [4.78, 5) is 14.5. The largest absolute Gasteiger partial charge is 0.382 e. The van der Waals surface area contributed by atoms with Crippen molar-refractivity contribution in [2.45, 2.75) is 39.8 Å². The molecule has 0 bridgehead atoms. The fourth-order valence-electron chi connectivity index (χ4n) is 2.53. The van der Waals surface area contributed by atoms with E-state index < -0.39 is 15.9 Å². The van der Waals surface area contributed by atoms with Crippen LogP contribution in [-0.4, -0.2) is 31.0 Å². The quantitative estimate of drug-likeness (QED) is 0.636. The minimum Gasteiger partial charge on any atom is -0.382 e. The molecule has 146 valence electrons. The SMILES string of the molecule is CCC(C)N(Cc1cccc(OS(=O)(=O)CC)c1)C(=O)c1cccc(F)c1. The number of hydrogen-bond donors (Lipinski definition) is 0. The zero-order valence-electron chi connectivity index (χ0n) is 15.7. The van der Waals surface area contributed by atoms with E-state index in [0.29, 0.717) is 0 Å². The second kappa shape index (κ2) is 8.99. The van der Waals surface area contributed by atoms with Gasteiger partial charge in [0.15, 0.2) is 0 Å². The first-order valence-electron chi connectivity index (χ1n) is 8.83. The molecule has 0 fully saturated rings. The van der Waals surface area contributed by atoms with Crippen molar-refractivity contribution in [1.82, 2.24) is 4.90 Å². The van der Waals surface area contributed by atoms with Crippen molar-refractivity contribution < 1.29 is 21.8 Å². The second-order valence-corrected chi connectivity index (χ2v) is 8.14. The normalized spacial score (nSPS) is 12.4. The molecule has 0 saturated heterocycles. The molecule has 0 spiro atoms. The second-order valence-electron chi connectivity index (χ2n) is 6.28. The smallest absolute Gasteiger partial charge is 0.308 e. The van der Waals surface area contributed by atoms with Crippen molar-refractivity contribution in [3.63, 3.8) is 0 Å². The van der Waals surface area contributed by atoms with Crippen LogP contribution in [0.25, 0.3) is 0 Å². The van der Waals surface area contributed by atoms with Gasteiger partial charge in [0.1, 0.15) is 11.6 Å². The van der Waals surface area contributed by atoms with Gasteiger partial charge in [0.2, 0.25) is 0 Å². The fraction of sp³-hybridized carbons (Fsp3) is 0.350. The van der Waals surface area contributed by atoms with Crippen molar-refractivity contribution in [3.05, 3.63) is 65.5 Å². The molecule has 1 atom stereocenters. The highest BCUT2D eigenvalue weighted by Crippen LogP contribution is 2.20. The minimum atomic E-state index is -3.63. The molecule has 2 aromatic rings. The van der Waals surface area contributed by atoms with Crippen LogP contribution < -0.4 is 4.18 Å². The molecule has 1 unspecified atom stereocenters. The molecule has 0 aromatic heterocycles. The zero-order chi connectivity index (χ0) is 20.0. The molecule has 0 aliphatic rings. The third-order valence-electron chi connectivity index (χ3n) is 4.28. The van der Waals surface area contributed by atoms with Gasteiger partial charge < -0.3 is 9.08 Å². The van der Waals surface area contributed by atoms with Gasteiger partial charge in [0.05, 0.1) is 5.75 Å². The standard InChI is InChI=1S/C20H24FNO4S/c1-4-15(3)22(20(23)17-9-7-10-18(21)13-17)14-16-8-6-11-19(12-16)26-27(24,25)5-2/h6-13,15H,4-5,14H2,1-3H3. The summed E-state index contributed by atoms with van der Waals surface area (Å²) in [6.45, 7) is 5.64. The Morgan fingerprint density at radius 1 is 1.15 bits per heavy atom. The highest BCUT2D eigenvalue weighted by atomic mass is 32.2. The van der Waals surface area contributed by atoms with Crippen molar-refractivity contribution in [2.24, 2.45) is 0 Å². The van der Waals surface area contributed by atoms with Gasteiger partial charge >= 0.3 is 10.1 Å². The van der Waals surface area contributed by atoms with E-state index in [2.05, 4.69) is 0 Å². The number of halogens is 1. The molecular weight excluding hydrogens is 369 g/mol. The lowest BCUT2D eigenvalue weighted by Gasteiger charge is -2.29. The van der Waals surface area contributed by atoms with Crippen LogP contribution in [0.3, 0.4) is 0 Å². The summed E-state index contributed by atoms with van der Waals surface area (Å²) >= 11 is 0. The molecule has 0 aliphatic heterocycles. The molecular formula is C20H24FNO4S. The Labute approximate surface area is 159 Å². The molecule has 0 heterocycles. The Morgan fingerprint density at radius 3 is 2.48 bits per heavy atom. The monoisotopic (exact) mass is 393 g/mol. The summed E-state index contributed by atoms with van der Waals surface area (Å²) in [6, 6.07) is 12.1. The lowest BCUT2D eigenvalue weighted by Crippen LogP contribution is -2.37. The van der Waals surface area contributed by atoms with Gasteiger partial charge in [-0.1, -0.05) is 25.1 Å². The number of carbonyl (C=O) groups is 1. The molecule has 1 amide bonds. The predicted octanol–water partition coefficient (Wildman–Crippen LogP) is 4.00. The van der Waals surface area contributed by atoms with E-state index in [-0.39, 0.29) is 35.6 Å². The molecule has 7 heteroatoms. The summed E-state index contributed by atoms with van der Waals surface area (Å²) in [5.74, 6) is -0.674. The van der Waals surface area contributed by atoms with Crippen molar-refractivity contribution >= 4 is 16.0 Å². The zero-order valence-corrected chi connectivity index (χ0v) is 16.5. The topological polar surface area (TPSA) is 63.7 Å². The molecule has 2 rings (SSSR count). The number of carbonyl (C=O) groups excluding carboxylic acids is 1. The third-order valence-corrected chi connectivity index (χ3v) is 5.44. The summed E-state index contributed by atoms with van der Waals surface area (Å²) in [5.41, 5.74) is 1.00. The van der Waals surface area contributed by atoms with Crippen LogP contribution in [0, 0.1) is 5.82 Å². The van der Waals surface area contributed by atoms with E-state index in [9.17, 15) is 17.6 Å². The van der Waals surface area contributed by atoms with E-state index >= 15 is 0 Å². The summed E-state index contributed by atoms with van der Waals surface area (Å²) in [6.07, 6.45) is 0.724. The van der Waals surface area contributed by atoms with Crippen LogP contribution in [0.5, 0.6) is 5.75 Å². The number of rotatable bonds is 8. The first-order valence-corrected chi connectivity index (χ1v) is 10.4. The molecule has 5 nitrogen and oxygen atoms in total. The highest BCUT2D eigenvalue weighted by molar-refractivity contribution is 7.87. The lowest BCUT2D eigenvalue weighted by atomic mass is 10.1.